The minimum absolute atomic E-state index is 0.960. The van der Waals surface area contributed by atoms with Crippen LogP contribution in [0.4, 0.5) is 0 Å². The molecule has 0 bridgehead atoms. The van der Waals surface area contributed by atoms with Crippen molar-refractivity contribution in [3.63, 3.8) is 0 Å². The molecule has 0 spiro atoms. The SMILES string of the molecule is C1=NSCC=c2ccccc2=C1. The maximum absolute atomic E-state index is 4.13. The van der Waals surface area contributed by atoms with Crippen molar-refractivity contribution in [2.24, 2.45) is 4.40 Å². The third-order valence-electron chi connectivity index (χ3n) is 1.76. The highest BCUT2D eigenvalue weighted by Gasteiger charge is 1.86. The lowest BCUT2D eigenvalue weighted by Gasteiger charge is -1.93. The van der Waals surface area contributed by atoms with Crippen LogP contribution in [0.25, 0.3) is 12.2 Å². The molecule has 0 saturated carbocycles. The van der Waals surface area contributed by atoms with E-state index >= 15 is 0 Å². The summed E-state index contributed by atoms with van der Waals surface area (Å²) in [6, 6.07) is 8.34. The van der Waals surface area contributed by atoms with Gasteiger partial charge in [0.1, 0.15) is 0 Å². The molecule has 1 heterocycles. The summed E-state index contributed by atoms with van der Waals surface area (Å²) in [5, 5.41) is 2.55. The van der Waals surface area contributed by atoms with E-state index in [0.29, 0.717) is 0 Å². The normalized spacial score (nSPS) is 15.0. The summed E-state index contributed by atoms with van der Waals surface area (Å²) < 4.78 is 4.13. The van der Waals surface area contributed by atoms with E-state index in [-0.39, 0.29) is 0 Å². The van der Waals surface area contributed by atoms with Gasteiger partial charge in [-0.1, -0.05) is 30.3 Å². The number of hydrogen-bond acceptors (Lipinski definition) is 2. The van der Waals surface area contributed by atoms with Crippen molar-refractivity contribution in [2.75, 3.05) is 5.75 Å². The summed E-state index contributed by atoms with van der Waals surface area (Å²) in [5.41, 5.74) is 0. The van der Waals surface area contributed by atoms with Gasteiger partial charge in [-0.3, -0.25) is 0 Å². The Morgan fingerprint density at radius 3 is 2.92 bits per heavy atom. The van der Waals surface area contributed by atoms with Gasteiger partial charge in [0.15, 0.2) is 0 Å². The molecule has 0 fully saturated rings. The summed E-state index contributed by atoms with van der Waals surface area (Å²) in [6.07, 6.45) is 6.10. The van der Waals surface area contributed by atoms with Crippen molar-refractivity contribution < 1.29 is 0 Å². The zero-order chi connectivity index (χ0) is 8.23. The third kappa shape index (κ3) is 1.59. The average molecular weight is 175 g/mol. The average Bonchev–Trinajstić information content (AvgIpc) is 2.06. The Morgan fingerprint density at radius 2 is 2.00 bits per heavy atom. The largest absolute Gasteiger partial charge is 0.224 e. The zero-order valence-corrected chi connectivity index (χ0v) is 7.42. The van der Waals surface area contributed by atoms with Gasteiger partial charge in [-0.05, 0) is 28.5 Å². The van der Waals surface area contributed by atoms with Gasteiger partial charge in [-0.15, -0.1) is 0 Å². The highest BCUT2D eigenvalue weighted by molar-refractivity contribution is 7.98. The van der Waals surface area contributed by atoms with Crippen LogP contribution in [-0.4, -0.2) is 12.0 Å². The molecule has 1 aromatic carbocycles. The number of rotatable bonds is 0. The van der Waals surface area contributed by atoms with E-state index in [1.165, 1.54) is 10.4 Å². The molecule has 0 aliphatic carbocycles. The fraction of sp³-hybridized carbons (Fsp3) is 0.100. The lowest BCUT2D eigenvalue weighted by Crippen LogP contribution is -2.24. The predicted octanol–water partition coefficient (Wildman–Crippen LogP) is 0.980. The van der Waals surface area contributed by atoms with Crippen LogP contribution in [0.15, 0.2) is 28.7 Å². The van der Waals surface area contributed by atoms with Gasteiger partial charge in [-0.25, -0.2) is 4.40 Å². The Bertz CT molecular complexity index is 406. The summed E-state index contributed by atoms with van der Waals surface area (Å²) >= 11 is 1.58. The molecule has 1 nitrogen and oxygen atoms in total. The molecule has 2 heteroatoms. The van der Waals surface area contributed by atoms with Crippen LogP contribution in [0.1, 0.15) is 0 Å². The molecule has 0 radical (unpaired) electrons. The highest BCUT2D eigenvalue weighted by Crippen LogP contribution is 2.00. The van der Waals surface area contributed by atoms with Crippen LogP contribution in [0.2, 0.25) is 0 Å². The molecule has 2 rings (SSSR count). The van der Waals surface area contributed by atoms with Crippen LogP contribution in [0.5, 0.6) is 0 Å². The first-order valence-corrected chi connectivity index (χ1v) is 4.82. The summed E-state index contributed by atoms with van der Waals surface area (Å²) in [7, 11) is 0. The Labute approximate surface area is 75.7 Å². The first-order valence-electron chi connectivity index (χ1n) is 3.88. The second-order valence-corrected chi connectivity index (χ2v) is 3.35. The van der Waals surface area contributed by atoms with E-state index in [9.17, 15) is 0 Å². The van der Waals surface area contributed by atoms with Gasteiger partial charge in [0.25, 0.3) is 0 Å². The molecule has 12 heavy (non-hydrogen) atoms. The Hall–Kier alpha value is -1.02. The maximum Gasteiger partial charge on any atom is 0.0357 e. The van der Waals surface area contributed by atoms with E-state index < -0.39 is 0 Å². The van der Waals surface area contributed by atoms with Crippen LogP contribution in [-0.2, 0) is 0 Å². The van der Waals surface area contributed by atoms with Crippen LogP contribution >= 0.6 is 11.9 Å². The molecule has 0 amide bonds. The number of nitrogens with zero attached hydrogens (tertiary/aromatic N) is 1. The third-order valence-corrected chi connectivity index (χ3v) is 2.35. The van der Waals surface area contributed by atoms with E-state index in [1.54, 1.807) is 11.9 Å². The van der Waals surface area contributed by atoms with Crippen LogP contribution in [0.3, 0.4) is 0 Å². The standard InChI is InChI=1S/C10H9NS/c1-2-4-10-6-8-12-11-7-5-9(10)3-1/h1-7H,8H2. The van der Waals surface area contributed by atoms with Crippen molar-refractivity contribution in [1.82, 2.24) is 0 Å². The van der Waals surface area contributed by atoms with E-state index in [4.69, 9.17) is 0 Å². The fourth-order valence-electron chi connectivity index (χ4n) is 1.17. The lowest BCUT2D eigenvalue weighted by atomic mass is 10.2. The molecule has 1 aromatic rings. The van der Waals surface area contributed by atoms with Crippen molar-refractivity contribution in [1.29, 1.82) is 0 Å². The van der Waals surface area contributed by atoms with Gasteiger partial charge in [-0.2, -0.15) is 0 Å². The second-order valence-electron chi connectivity index (χ2n) is 2.55. The molecule has 0 aromatic heterocycles. The Kier molecular flexibility index (Phi) is 2.28. The molecule has 60 valence electrons. The van der Waals surface area contributed by atoms with Gasteiger partial charge >= 0.3 is 0 Å². The molecule has 0 atom stereocenters. The molecule has 0 N–H and O–H groups in total. The molecular formula is C10H9NS. The number of benzene rings is 1. The predicted molar refractivity (Wildman–Crippen MR) is 55.6 cm³/mol. The van der Waals surface area contributed by atoms with Crippen molar-refractivity contribution in [2.45, 2.75) is 0 Å². The highest BCUT2D eigenvalue weighted by atomic mass is 32.2. The second kappa shape index (κ2) is 3.59. The van der Waals surface area contributed by atoms with Crippen molar-refractivity contribution in [3.05, 3.63) is 34.7 Å². The summed E-state index contributed by atoms with van der Waals surface area (Å²) in [4.78, 5) is 0. The first kappa shape index (κ1) is 7.62. The smallest absolute Gasteiger partial charge is 0.0357 e. The topological polar surface area (TPSA) is 12.4 Å². The summed E-state index contributed by atoms with van der Waals surface area (Å²) in [5.74, 6) is 0.960. The number of hydrogen-bond donors (Lipinski definition) is 0. The Morgan fingerprint density at radius 1 is 1.17 bits per heavy atom. The lowest BCUT2D eigenvalue weighted by molar-refractivity contribution is 1.51. The van der Waals surface area contributed by atoms with Gasteiger partial charge < -0.3 is 0 Å². The monoisotopic (exact) mass is 175 g/mol. The molecule has 1 aliphatic heterocycles. The van der Waals surface area contributed by atoms with Gasteiger partial charge in [0, 0.05) is 12.0 Å². The maximum atomic E-state index is 4.13. The first-order chi connectivity index (χ1) is 5.97. The van der Waals surface area contributed by atoms with Crippen molar-refractivity contribution >= 4 is 30.3 Å². The minimum atomic E-state index is 0.960. The molecule has 0 saturated heterocycles. The van der Waals surface area contributed by atoms with Gasteiger partial charge in [0.2, 0.25) is 0 Å². The van der Waals surface area contributed by atoms with E-state index in [0.717, 1.165) is 5.75 Å². The van der Waals surface area contributed by atoms with E-state index in [2.05, 4.69) is 28.7 Å². The summed E-state index contributed by atoms with van der Waals surface area (Å²) in [6.45, 7) is 0. The van der Waals surface area contributed by atoms with Crippen molar-refractivity contribution in [3.8, 4) is 0 Å². The Balaban J connectivity index is 2.71. The quantitative estimate of drug-likeness (QED) is 0.535. The fourth-order valence-corrected chi connectivity index (χ4v) is 1.66. The molecular weight excluding hydrogens is 166 g/mol. The molecule has 1 aliphatic rings. The zero-order valence-electron chi connectivity index (χ0n) is 6.60. The van der Waals surface area contributed by atoms with Crippen LogP contribution < -0.4 is 10.4 Å². The number of fused-ring (bicyclic) bond motifs is 1. The minimum Gasteiger partial charge on any atom is -0.224 e. The van der Waals surface area contributed by atoms with Crippen LogP contribution in [0, 0.1) is 0 Å². The van der Waals surface area contributed by atoms with E-state index in [1.807, 2.05) is 18.4 Å². The molecule has 0 unspecified atom stereocenters. The van der Waals surface area contributed by atoms with Gasteiger partial charge in [0.05, 0.1) is 0 Å².